The van der Waals surface area contributed by atoms with Crippen LogP contribution >= 0.6 is 0 Å². The molecule has 0 aliphatic heterocycles. The molecule has 0 amide bonds. The lowest BCUT2D eigenvalue weighted by Gasteiger charge is -2.59. The third-order valence-electron chi connectivity index (χ3n) is 8.19. The van der Waals surface area contributed by atoms with E-state index < -0.39 is 12.1 Å². The number of hydrogen-bond donors (Lipinski definition) is 2. The summed E-state index contributed by atoms with van der Waals surface area (Å²) >= 11 is 0. The van der Waals surface area contributed by atoms with Crippen molar-refractivity contribution in [3.8, 4) is 0 Å². The highest BCUT2D eigenvalue weighted by Gasteiger charge is 2.63. The number of carboxylic acids is 1. The van der Waals surface area contributed by atoms with E-state index in [2.05, 4.69) is 13.8 Å². The highest BCUT2D eigenvalue weighted by atomic mass is 16.4. The number of carboxylic acid groups (broad SMARTS) is 1. The second kappa shape index (κ2) is 5.17. The molecule has 0 aromatic heterocycles. The van der Waals surface area contributed by atoms with Crippen molar-refractivity contribution in [3.05, 3.63) is 11.6 Å². The molecule has 0 radical (unpaired) electrons. The van der Waals surface area contributed by atoms with Crippen molar-refractivity contribution < 1.29 is 19.8 Å². The monoisotopic (exact) mass is 332 g/mol. The number of ketones is 1. The minimum absolute atomic E-state index is 0.0844. The van der Waals surface area contributed by atoms with Crippen LogP contribution in [0, 0.1) is 34.5 Å². The van der Waals surface area contributed by atoms with Gasteiger partial charge in [-0.2, -0.15) is 0 Å². The van der Waals surface area contributed by atoms with E-state index in [1.54, 1.807) is 0 Å². The van der Waals surface area contributed by atoms with Crippen LogP contribution in [0.1, 0.15) is 58.8 Å². The van der Waals surface area contributed by atoms with Gasteiger partial charge >= 0.3 is 5.97 Å². The van der Waals surface area contributed by atoms with Gasteiger partial charge in [-0.25, -0.2) is 0 Å². The minimum Gasteiger partial charge on any atom is -0.481 e. The molecule has 4 aliphatic carbocycles. The zero-order valence-electron chi connectivity index (χ0n) is 14.6. The molecule has 3 fully saturated rings. The van der Waals surface area contributed by atoms with Crippen LogP contribution in [0.4, 0.5) is 0 Å². The zero-order chi connectivity index (χ0) is 17.3. The molecule has 4 heteroatoms. The fraction of sp³-hybridized carbons (Fsp3) is 0.800. The molecule has 0 heterocycles. The number of rotatable bonds is 1. The summed E-state index contributed by atoms with van der Waals surface area (Å²) in [5.41, 5.74) is 0.864. The van der Waals surface area contributed by atoms with E-state index in [-0.39, 0.29) is 28.4 Å². The van der Waals surface area contributed by atoms with Crippen molar-refractivity contribution >= 4 is 11.8 Å². The van der Waals surface area contributed by atoms with Gasteiger partial charge in [-0.1, -0.05) is 19.4 Å². The predicted molar refractivity (Wildman–Crippen MR) is 89.2 cm³/mol. The average Bonchev–Trinajstić information content (AvgIpc) is 2.84. The molecule has 4 aliphatic rings. The Morgan fingerprint density at radius 2 is 1.96 bits per heavy atom. The van der Waals surface area contributed by atoms with Crippen molar-refractivity contribution in [1.29, 1.82) is 0 Å². The first-order valence-corrected chi connectivity index (χ1v) is 9.42. The Labute approximate surface area is 143 Å². The minimum atomic E-state index is -0.698. The van der Waals surface area contributed by atoms with Crippen molar-refractivity contribution in [2.24, 2.45) is 34.5 Å². The third kappa shape index (κ3) is 2.01. The summed E-state index contributed by atoms with van der Waals surface area (Å²) < 4.78 is 0. The quantitative estimate of drug-likeness (QED) is 0.773. The number of aliphatic carboxylic acids is 1. The lowest BCUT2D eigenvalue weighted by Crippen LogP contribution is -2.57. The van der Waals surface area contributed by atoms with Gasteiger partial charge in [-0.15, -0.1) is 0 Å². The normalized spacial score (nSPS) is 50.5. The maximum Gasteiger partial charge on any atom is 0.307 e. The number of fused-ring (bicyclic) bond motifs is 5. The van der Waals surface area contributed by atoms with E-state index >= 15 is 0 Å². The van der Waals surface area contributed by atoms with Crippen molar-refractivity contribution in [2.45, 2.75) is 64.9 Å². The molecule has 4 nitrogen and oxygen atoms in total. The Balaban J connectivity index is 1.72. The number of aliphatic hydroxyl groups is 1. The molecule has 132 valence electrons. The first-order chi connectivity index (χ1) is 11.3. The van der Waals surface area contributed by atoms with Gasteiger partial charge in [0.1, 0.15) is 0 Å². The van der Waals surface area contributed by atoms with E-state index in [1.165, 1.54) is 5.57 Å². The summed E-state index contributed by atoms with van der Waals surface area (Å²) in [4.78, 5) is 23.6. The smallest absolute Gasteiger partial charge is 0.307 e. The largest absolute Gasteiger partial charge is 0.481 e. The average molecular weight is 332 g/mol. The van der Waals surface area contributed by atoms with Crippen LogP contribution in [0.5, 0.6) is 0 Å². The third-order valence-corrected chi connectivity index (χ3v) is 8.19. The van der Waals surface area contributed by atoms with Gasteiger partial charge in [-0.3, -0.25) is 9.59 Å². The Morgan fingerprint density at radius 3 is 2.67 bits per heavy atom. The van der Waals surface area contributed by atoms with Gasteiger partial charge in [0.2, 0.25) is 0 Å². The molecule has 4 unspecified atom stereocenters. The van der Waals surface area contributed by atoms with Gasteiger partial charge < -0.3 is 10.2 Å². The molecule has 24 heavy (non-hydrogen) atoms. The Hall–Kier alpha value is -1.16. The Bertz CT molecular complexity index is 623. The van der Waals surface area contributed by atoms with Gasteiger partial charge in [0.15, 0.2) is 5.78 Å². The number of hydrogen-bond acceptors (Lipinski definition) is 3. The van der Waals surface area contributed by atoms with E-state index in [4.69, 9.17) is 0 Å². The van der Waals surface area contributed by atoms with Gasteiger partial charge in [0, 0.05) is 6.42 Å². The second-order valence-corrected chi connectivity index (χ2v) is 9.13. The molecule has 0 saturated heterocycles. The van der Waals surface area contributed by atoms with Crippen molar-refractivity contribution in [1.82, 2.24) is 0 Å². The maximum atomic E-state index is 11.8. The number of carbonyl (C=O) groups is 2. The summed E-state index contributed by atoms with van der Waals surface area (Å²) in [6.07, 6.45) is 7.01. The van der Waals surface area contributed by atoms with Crippen LogP contribution in [-0.4, -0.2) is 28.1 Å². The molecule has 4 rings (SSSR count). The maximum absolute atomic E-state index is 11.8. The van der Waals surface area contributed by atoms with E-state index in [0.717, 1.165) is 32.1 Å². The van der Waals surface area contributed by atoms with Crippen LogP contribution < -0.4 is 0 Å². The fourth-order valence-corrected chi connectivity index (χ4v) is 7.09. The standard InChI is InChI=1S/C20H28O4/c1-19-8-7-12(21)9-11(19)3-4-13-14-5-6-15(18(23)24)20(14,2)10-16(22)17(13)19/h9,13-17,22H,3-8,10H2,1-2H3,(H,23,24)/t13?,14?,15?,16-,17?,19-,20-/m0/s1. The van der Waals surface area contributed by atoms with Gasteiger partial charge in [0.25, 0.3) is 0 Å². The van der Waals surface area contributed by atoms with Gasteiger partial charge in [-0.05, 0) is 73.2 Å². The summed E-state index contributed by atoms with van der Waals surface area (Å²) in [5, 5.41) is 20.7. The van der Waals surface area contributed by atoms with Crippen LogP contribution in [0.25, 0.3) is 0 Å². The van der Waals surface area contributed by atoms with Gasteiger partial charge in [0.05, 0.1) is 12.0 Å². The Kier molecular flexibility index (Phi) is 3.51. The molecule has 3 saturated carbocycles. The lowest BCUT2D eigenvalue weighted by molar-refractivity contribution is -0.158. The first-order valence-electron chi connectivity index (χ1n) is 9.42. The summed E-state index contributed by atoms with van der Waals surface area (Å²) in [6.45, 7) is 4.33. The van der Waals surface area contributed by atoms with E-state index in [9.17, 15) is 19.8 Å². The second-order valence-electron chi connectivity index (χ2n) is 9.13. The zero-order valence-corrected chi connectivity index (χ0v) is 14.6. The summed E-state index contributed by atoms with van der Waals surface area (Å²) in [5.74, 6) is 0.160. The van der Waals surface area contributed by atoms with E-state index in [1.807, 2.05) is 6.08 Å². The number of allylic oxidation sites excluding steroid dienone is 1. The SMILES string of the molecule is C[C@]12C[C@H](O)C3C(CCC4=CC(=O)CC[C@@]43C)C1CCC2C(=O)O. The topological polar surface area (TPSA) is 74.6 Å². The molecular weight excluding hydrogens is 304 g/mol. The first kappa shape index (κ1) is 16.3. The highest BCUT2D eigenvalue weighted by Crippen LogP contribution is 2.66. The highest BCUT2D eigenvalue weighted by molar-refractivity contribution is 5.91. The molecule has 2 N–H and O–H groups in total. The van der Waals surface area contributed by atoms with Crippen LogP contribution in [0.15, 0.2) is 11.6 Å². The summed E-state index contributed by atoms with van der Waals surface area (Å²) in [6, 6.07) is 0. The molecule has 0 aromatic carbocycles. The molecule has 7 atom stereocenters. The van der Waals surface area contributed by atoms with Crippen LogP contribution in [0.3, 0.4) is 0 Å². The van der Waals surface area contributed by atoms with Crippen LogP contribution in [0.2, 0.25) is 0 Å². The molecule has 0 bridgehead atoms. The number of aliphatic hydroxyl groups excluding tert-OH is 1. The fourth-order valence-electron chi connectivity index (χ4n) is 7.09. The molecule has 0 aromatic rings. The van der Waals surface area contributed by atoms with Crippen molar-refractivity contribution in [2.75, 3.05) is 0 Å². The molecule has 0 spiro atoms. The lowest BCUT2D eigenvalue weighted by atomic mass is 9.46. The van der Waals surface area contributed by atoms with E-state index in [0.29, 0.717) is 24.7 Å². The predicted octanol–water partition coefficient (Wildman–Crippen LogP) is 3.19. The Morgan fingerprint density at radius 1 is 1.21 bits per heavy atom. The van der Waals surface area contributed by atoms with Crippen molar-refractivity contribution in [3.63, 3.8) is 0 Å². The molecular formula is C20H28O4. The van der Waals surface area contributed by atoms with Crippen LogP contribution in [-0.2, 0) is 9.59 Å². The number of carbonyl (C=O) groups excluding carboxylic acids is 1. The summed E-state index contributed by atoms with van der Waals surface area (Å²) in [7, 11) is 0.